The maximum Gasteiger partial charge on any atom is 0.265 e. The molecule has 0 fully saturated rings. The van der Waals surface area contributed by atoms with Crippen molar-refractivity contribution in [2.75, 3.05) is 0 Å². The van der Waals surface area contributed by atoms with Gasteiger partial charge < -0.3 is 4.98 Å². The highest BCUT2D eigenvalue weighted by atomic mass is 79.9. The van der Waals surface area contributed by atoms with E-state index in [-0.39, 0.29) is 11.5 Å². The minimum atomic E-state index is -0.170. The molecule has 0 bridgehead atoms. The van der Waals surface area contributed by atoms with Crippen LogP contribution in [0.25, 0.3) is 22.3 Å². The lowest BCUT2D eigenvalue weighted by atomic mass is 10.1. The van der Waals surface area contributed by atoms with Crippen LogP contribution in [0.3, 0.4) is 0 Å². The number of benzene rings is 1. The Kier molecular flexibility index (Phi) is 3.59. The van der Waals surface area contributed by atoms with E-state index in [4.69, 9.17) is 0 Å². The highest BCUT2D eigenvalue weighted by Crippen LogP contribution is 2.26. The normalized spacial score (nSPS) is 11.2. The summed E-state index contributed by atoms with van der Waals surface area (Å²) in [5, 5.41) is 1.02. The van der Waals surface area contributed by atoms with Gasteiger partial charge in [0.15, 0.2) is 0 Å². The van der Waals surface area contributed by atoms with Crippen LogP contribution >= 0.6 is 15.9 Å². The van der Waals surface area contributed by atoms with Gasteiger partial charge in [0.25, 0.3) is 5.56 Å². The van der Waals surface area contributed by atoms with Crippen LogP contribution in [0.4, 0.5) is 0 Å². The molecule has 0 atom stereocenters. The standard InChI is InChI=1S/C16H14BrN3O/c1-9(2)13-12(17)16(21)20-15(19-13)11-7-3-5-10-6-4-8-18-14(10)11/h3-9H,1-2H3,(H,19,20,21). The Hall–Kier alpha value is -2.01. The Bertz CT molecular complexity index is 866. The molecule has 0 amide bonds. The zero-order chi connectivity index (χ0) is 15.0. The molecule has 3 aromatic rings. The molecule has 1 N–H and O–H groups in total. The minimum absolute atomic E-state index is 0.156. The van der Waals surface area contributed by atoms with Gasteiger partial charge in [-0.1, -0.05) is 32.0 Å². The summed E-state index contributed by atoms with van der Waals surface area (Å²) in [4.78, 5) is 24.0. The molecule has 0 spiro atoms. The summed E-state index contributed by atoms with van der Waals surface area (Å²) in [7, 11) is 0. The Balaban J connectivity index is 2.31. The van der Waals surface area contributed by atoms with Crippen LogP contribution in [-0.4, -0.2) is 15.0 Å². The molecule has 0 aliphatic carbocycles. The number of rotatable bonds is 2. The largest absolute Gasteiger partial charge is 0.305 e. The maximum atomic E-state index is 12.1. The molecule has 0 unspecified atom stereocenters. The van der Waals surface area contributed by atoms with E-state index in [1.54, 1.807) is 6.20 Å². The van der Waals surface area contributed by atoms with E-state index >= 15 is 0 Å². The van der Waals surface area contributed by atoms with Crippen LogP contribution in [0, 0.1) is 0 Å². The number of nitrogens with one attached hydrogen (secondary N) is 1. The lowest BCUT2D eigenvalue weighted by Crippen LogP contribution is -2.14. The van der Waals surface area contributed by atoms with Gasteiger partial charge in [-0.2, -0.15) is 0 Å². The first-order chi connectivity index (χ1) is 10.1. The molecule has 3 rings (SSSR count). The van der Waals surface area contributed by atoms with Crippen LogP contribution in [0.2, 0.25) is 0 Å². The van der Waals surface area contributed by atoms with Crippen molar-refractivity contribution >= 4 is 26.8 Å². The van der Waals surface area contributed by atoms with Crippen LogP contribution < -0.4 is 5.56 Å². The average Bonchev–Trinajstić information content (AvgIpc) is 2.49. The van der Waals surface area contributed by atoms with Gasteiger partial charge in [0.1, 0.15) is 10.3 Å². The Morgan fingerprint density at radius 2 is 1.95 bits per heavy atom. The Morgan fingerprint density at radius 3 is 2.71 bits per heavy atom. The molecular weight excluding hydrogens is 330 g/mol. The monoisotopic (exact) mass is 343 g/mol. The molecule has 4 nitrogen and oxygen atoms in total. The minimum Gasteiger partial charge on any atom is -0.305 e. The number of para-hydroxylation sites is 1. The fraction of sp³-hybridized carbons (Fsp3) is 0.188. The van der Waals surface area contributed by atoms with E-state index in [0.717, 1.165) is 22.2 Å². The van der Waals surface area contributed by atoms with Gasteiger partial charge in [0.05, 0.1) is 11.2 Å². The van der Waals surface area contributed by atoms with Gasteiger partial charge in [-0.3, -0.25) is 9.78 Å². The SMILES string of the molecule is CC(C)c1nc(-c2cccc3cccnc23)[nH]c(=O)c1Br. The highest BCUT2D eigenvalue weighted by Gasteiger charge is 2.14. The van der Waals surface area contributed by atoms with Gasteiger partial charge in [0.2, 0.25) is 0 Å². The predicted octanol–water partition coefficient (Wildman–Crippen LogP) is 3.87. The van der Waals surface area contributed by atoms with E-state index < -0.39 is 0 Å². The maximum absolute atomic E-state index is 12.1. The fourth-order valence-electron chi connectivity index (χ4n) is 2.28. The quantitative estimate of drug-likeness (QED) is 0.768. The highest BCUT2D eigenvalue weighted by molar-refractivity contribution is 9.10. The van der Waals surface area contributed by atoms with Crippen molar-refractivity contribution in [1.29, 1.82) is 0 Å². The molecule has 1 aromatic carbocycles. The molecule has 2 aromatic heterocycles. The summed E-state index contributed by atoms with van der Waals surface area (Å²) < 4.78 is 0.495. The zero-order valence-electron chi connectivity index (χ0n) is 11.7. The molecule has 0 radical (unpaired) electrons. The number of hydrogen-bond acceptors (Lipinski definition) is 3. The smallest absolute Gasteiger partial charge is 0.265 e. The third-order valence-electron chi connectivity index (χ3n) is 3.32. The molecule has 0 aliphatic rings. The molecule has 0 saturated heterocycles. The van der Waals surface area contributed by atoms with E-state index in [1.807, 2.05) is 44.2 Å². The summed E-state index contributed by atoms with van der Waals surface area (Å²) in [6.07, 6.45) is 1.74. The second-order valence-electron chi connectivity index (χ2n) is 5.15. The van der Waals surface area contributed by atoms with Gasteiger partial charge in [0, 0.05) is 17.1 Å². The lowest BCUT2D eigenvalue weighted by Gasteiger charge is -2.10. The van der Waals surface area contributed by atoms with Crippen LogP contribution in [0.5, 0.6) is 0 Å². The Morgan fingerprint density at radius 1 is 1.19 bits per heavy atom. The third-order valence-corrected chi connectivity index (χ3v) is 4.09. The first-order valence-electron chi connectivity index (χ1n) is 6.71. The summed E-state index contributed by atoms with van der Waals surface area (Å²) in [5.74, 6) is 0.708. The number of fused-ring (bicyclic) bond motifs is 1. The van der Waals surface area contributed by atoms with Crippen LogP contribution in [0.15, 0.2) is 45.8 Å². The third kappa shape index (κ3) is 2.49. The number of H-pyrrole nitrogens is 1. The molecule has 0 saturated carbocycles. The number of pyridine rings is 1. The number of aromatic nitrogens is 3. The summed E-state index contributed by atoms with van der Waals surface area (Å²) in [5.41, 5.74) is 2.25. The number of aromatic amines is 1. The van der Waals surface area contributed by atoms with E-state index in [9.17, 15) is 4.79 Å². The number of hydrogen-bond donors (Lipinski definition) is 1. The van der Waals surface area contributed by atoms with E-state index in [0.29, 0.717) is 10.3 Å². The summed E-state index contributed by atoms with van der Waals surface area (Å²) in [6.45, 7) is 4.02. The average molecular weight is 344 g/mol. The summed E-state index contributed by atoms with van der Waals surface area (Å²) >= 11 is 3.32. The van der Waals surface area contributed by atoms with E-state index in [2.05, 4.69) is 30.9 Å². The second kappa shape index (κ2) is 5.41. The molecule has 21 heavy (non-hydrogen) atoms. The van der Waals surface area contributed by atoms with Crippen molar-refractivity contribution in [2.45, 2.75) is 19.8 Å². The number of nitrogens with zero attached hydrogens (tertiary/aromatic N) is 2. The molecule has 2 heterocycles. The first kappa shape index (κ1) is 13.9. The van der Waals surface area contributed by atoms with Crippen molar-refractivity contribution < 1.29 is 0 Å². The Labute approximate surface area is 130 Å². The second-order valence-corrected chi connectivity index (χ2v) is 5.94. The van der Waals surface area contributed by atoms with Gasteiger partial charge >= 0.3 is 0 Å². The van der Waals surface area contributed by atoms with Crippen molar-refractivity contribution in [3.8, 4) is 11.4 Å². The molecule has 106 valence electrons. The zero-order valence-corrected chi connectivity index (χ0v) is 13.3. The first-order valence-corrected chi connectivity index (χ1v) is 7.51. The van der Waals surface area contributed by atoms with Crippen molar-refractivity contribution in [1.82, 2.24) is 15.0 Å². The molecular formula is C16H14BrN3O. The molecule has 0 aliphatic heterocycles. The van der Waals surface area contributed by atoms with Gasteiger partial charge in [-0.25, -0.2) is 4.98 Å². The van der Waals surface area contributed by atoms with Gasteiger partial charge in [-0.15, -0.1) is 0 Å². The topological polar surface area (TPSA) is 58.6 Å². The van der Waals surface area contributed by atoms with Crippen molar-refractivity contribution in [3.05, 3.63) is 57.0 Å². The van der Waals surface area contributed by atoms with Crippen molar-refractivity contribution in [3.63, 3.8) is 0 Å². The van der Waals surface area contributed by atoms with Crippen LogP contribution in [0.1, 0.15) is 25.5 Å². The molecule has 5 heteroatoms. The fourth-order valence-corrected chi connectivity index (χ4v) is 2.93. The number of halogens is 1. The lowest BCUT2D eigenvalue weighted by molar-refractivity contribution is 0.803. The van der Waals surface area contributed by atoms with E-state index in [1.165, 1.54) is 0 Å². The van der Waals surface area contributed by atoms with Gasteiger partial charge in [-0.05, 0) is 34.0 Å². The van der Waals surface area contributed by atoms with Crippen LogP contribution in [-0.2, 0) is 0 Å². The summed E-state index contributed by atoms with van der Waals surface area (Å²) in [6, 6.07) is 9.74. The van der Waals surface area contributed by atoms with Crippen molar-refractivity contribution in [2.24, 2.45) is 0 Å². The predicted molar refractivity (Wildman–Crippen MR) is 87.4 cm³/mol.